The molecule has 174 valence electrons. The molecule has 1 aromatic carbocycles. The molecule has 1 aliphatic rings. The fraction of sp³-hybridized carbons (Fsp3) is 0.280. The molecule has 9 nitrogen and oxygen atoms in total. The average Bonchev–Trinajstić information content (AvgIpc) is 3.28. The van der Waals surface area contributed by atoms with E-state index in [2.05, 4.69) is 45.5 Å². The maximum Gasteiger partial charge on any atom is 0.148 e. The number of fused-ring (bicyclic) bond motifs is 1. The van der Waals surface area contributed by atoms with Crippen molar-refractivity contribution in [2.75, 3.05) is 20.1 Å². The highest BCUT2D eigenvalue weighted by atomic mass is 16.1. The lowest BCUT2D eigenvalue weighted by Gasteiger charge is -2.36. The van der Waals surface area contributed by atoms with Crippen LogP contribution in [0.2, 0.25) is 0 Å². The third-order valence-electron chi connectivity index (χ3n) is 5.70. The standard InChI is InChI=1S/C23H24N8.C2H4O/c1-15-3-6-22(24)31(28-15)23(25)8-16-4-5-21-17(7-16)9-18(10-26-21)19-11-27-30(12-19)20-13-29(2)14-20;1-2-3/h3-7,9-12,20,24-25H,8,13-14H2,1-2H3;2H,1H3. The fourth-order valence-electron chi connectivity index (χ4n) is 3.96. The summed E-state index contributed by atoms with van der Waals surface area (Å²) >= 11 is 0. The van der Waals surface area contributed by atoms with E-state index in [-0.39, 0.29) is 11.3 Å². The SMILES string of the molecule is CC=O.Cc1ccc(=N)n(C(=N)Cc2ccc3ncc(-c4cnn(C5CN(C)C5)c4)cc3c2)n1. The highest BCUT2D eigenvalue weighted by Crippen LogP contribution is 2.26. The van der Waals surface area contributed by atoms with Gasteiger partial charge >= 0.3 is 0 Å². The number of aromatic nitrogens is 5. The number of likely N-dealkylation sites (N-methyl/N-ethyl adjacent to an activating group) is 1. The Hall–Kier alpha value is -3.98. The zero-order chi connectivity index (χ0) is 24.2. The summed E-state index contributed by atoms with van der Waals surface area (Å²) in [5.74, 6) is 0.268. The largest absolute Gasteiger partial charge is 0.304 e. The van der Waals surface area contributed by atoms with Crippen LogP contribution in [0.1, 0.15) is 24.2 Å². The van der Waals surface area contributed by atoms with Crippen molar-refractivity contribution in [1.82, 2.24) is 29.4 Å². The van der Waals surface area contributed by atoms with Crippen LogP contribution in [0.4, 0.5) is 0 Å². The molecule has 0 atom stereocenters. The molecule has 9 heteroatoms. The molecule has 4 heterocycles. The van der Waals surface area contributed by atoms with Gasteiger partial charge in [-0.05, 0) is 56.8 Å². The first-order chi connectivity index (χ1) is 16.4. The fourth-order valence-corrected chi connectivity index (χ4v) is 3.96. The molecule has 1 fully saturated rings. The van der Waals surface area contributed by atoms with Gasteiger partial charge in [-0.2, -0.15) is 10.2 Å². The Kier molecular flexibility index (Phi) is 6.74. The van der Waals surface area contributed by atoms with Crippen LogP contribution in [0, 0.1) is 17.7 Å². The van der Waals surface area contributed by atoms with E-state index >= 15 is 0 Å². The second-order valence-corrected chi connectivity index (χ2v) is 8.47. The average molecular weight is 457 g/mol. The molecule has 1 saturated heterocycles. The van der Waals surface area contributed by atoms with Crippen LogP contribution in [0.25, 0.3) is 22.0 Å². The number of nitrogens with one attached hydrogen (secondary N) is 2. The molecular weight excluding hydrogens is 428 g/mol. The third kappa shape index (κ3) is 4.99. The second-order valence-electron chi connectivity index (χ2n) is 8.47. The van der Waals surface area contributed by atoms with Crippen LogP contribution >= 0.6 is 0 Å². The number of rotatable bonds is 4. The van der Waals surface area contributed by atoms with E-state index in [0.717, 1.165) is 52.7 Å². The lowest BCUT2D eigenvalue weighted by atomic mass is 10.0. The van der Waals surface area contributed by atoms with Gasteiger partial charge in [-0.1, -0.05) is 6.07 Å². The zero-order valence-electron chi connectivity index (χ0n) is 19.6. The smallest absolute Gasteiger partial charge is 0.148 e. The number of nitrogens with zero attached hydrogens (tertiary/aromatic N) is 6. The maximum absolute atomic E-state index is 8.81. The molecule has 5 rings (SSSR count). The highest BCUT2D eigenvalue weighted by molar-refractivity contribution is 5.87. The summed E-state index contributed by atoms with van der Waals surface area (Å²) < 4.78 is 3.42. The first-order valence-electron chi connectivity index (χ1n) is 11.1. The molecule has 34 heavy (non-hydrogen) atoms. The van der Waals surface area contributed by atoms with E-state index in [9.17, 15) is 0 Å². The Labute approximate surface area is 197 Å². The number of likely N-dealkylation sites (tertiary alicyclic amines) is 1. The molecule has 0 amide bonds. The van der Waals surface area contributed by atoms with Crippen molar-refractivity contribution in [3.8, 4) is 11.1 Å². The summed E-state index contributed by atoms with van der Waals surface area (Å²) in [7, 11) is 2.11. The van der Waals surface area contributed by atoms with Gasteiger partial charge < -0.3 is 9.69 Å². The monoisotopic (exact) mass is 456 g/mol. The van der Waals surface area contributed by atoms with Gasteiger partial charge in [0.15, 0.2) is 0 Å². The Morgan fingerprint density at radius 3 is 2.65 bits per heavy atom. The van der Waals surface area contributed by atoms with E-state index in [1.165, 1.54) is 11.6 Å². The van der Waals surface area contributed by atoms with Gasteiger partial charge in [-0.15, -0.1) is 0 Å². The Morgan fingerprint density at radius 1 is 1.15 bits per heavy atom. The van der Waals surface area contributed by atoms with Crippen molar-refractivity contribution in [2.45, 2.75) is 26.3 Å². The molecule has 0 bridgehead atoms. The van der Waals surface area contributed by atoms with Crippen LogP contribution in [0.3, 0.4) is 0 Å². The number of pyridine rings is 1. The summed E-state index contributed by atoms with van der Waals surface area (Å²) in [4.78, 5) is 15.7. The van der Waals surface area contributed by atoms with Crippen molar-refractivity contribution < 1.29 is 4.79 Å². The molecule has 0 spiro atoms. The second kappa shape index (κ2) is 9.88. The molecule has 0 radical (unpaired) electrons. The van der Waals surface area contributed by atoms with Gasteiger partial charge in [-0.3, -0.25) is 20.5 Å². The van der Waals surface area contributed by atoms with Gasteiger partial charge in [0, 0.05) is 48.4 Å². The maximum atomic E-state index is 8.81. The summed E-state index contributed by atoms with van der Waals surface area (Å²) in [6, 6.07) is 12.0. The van der Waals surface area contributed by atoms with Crippen molar-refractivity contribution >= 4 is 23.0 Å². The topological polar surface area (TPSA) is 117 Å². The molecule has 2 N–H and O–H groups in total. The Bertz CT molecular complexity index is 1400. The van der Waals surface area contributed by atoms with E-state index < -0.39 is 0 Å². The number of hydrogen-bond donors (Lipinski definition) is 2. The summed E-state index contributed by atoms with van der Waals surface area (Å²) in [6.45, 7) is 5.36. The molecule has 0 saturated carbocycles. The van der Waals surface area contributed by atoms with Crippen LogP contribution in [0.15, 0.2) is 55.0 Å². The summed E-state index contributed by atoms with van der Waals surface area (Å²) in [6.07, 6.45) is 7.02. The quantitative estimate of drug-likeness (QED) is 0.278. The minimum absolute atomic E-state index is 0.204. The van der Waals surface area contributed by atoms with E-state index in [0.29, 0.717) is 12.5 Å². The van der Waals surface area contributed by atoms with Crippen LogP contribution in [-0.2, 0) is 11.2 Å². The molecule has 3 aromatic heterocycles. The van der Waals surface area contributed by atoms with Gasteiger partial charge in [0.2, 0.25) is 0 Å². The normalized spacial score (nSPS) is 13.7. The van der Waals surface area contributed by atoms with Gasteiger partial charge in [0.1, 0.15) is 17.6 Å². The van der Waals surface area contributed by atoms with Crippen molar-refractivity contribution in [3.05, 3.63) is 71.7 Å². The third-order valence-corrected chi connectivity index (χ3v) is 5.70. The predicted molar refractivity (Wildman–Crippen MR) is 131 cm³/mol. The highest BCUT2D eigenvalue weighted by Gasteiger charge is 2.25. The van der Waals surface area contributed by atoms with E-state index in [1.807, 2.05) is 36.1 Å². The molecule has 4 aromatic rings. The number of carbonyl (C=O) groups is 1. The molecule has 0 unspecified atom stereocenters. The number of carbonyl (C=O) groups excluding carboxylic acids is 1. The lowest BCUT2D eigenvalue weighted by Crippen LogP contribution is -2.45. The van der Waals surface area contributed by atoms with Crippen LogP contribution in [0.5, 0.6) is 0 Å². The lowest BCUT2D eigenvalue weighted by molar-refractivity contribution is -0.106. The number of aldehydes is 1. The number of benzene rings is 1. The minimum Gasteiger partial charge on any atom is -0.304 e. The van der Waals surface area contributed by atoms with Crippen molar-refractivity contribution in [1.29, 1.82) is 10.8 Å². The minimum atomic E-state index is 0.204. The predicted octanol–water partition coefficient (Wildman–Crippen LogP) is 2.84. The van der Waals surface area contributed by atoms with Gasteiger partial charge in [0.05, 0.1) is 23.4 Å². The van der Waals surface area contributed by atoms with Gasteiger partial charge in [0.25, 0.3) is 0 Å². The number of hydrogen-bond acceptors (Lipinski definition) is 7. The molecular formula is C25H28N8O. The zero-order valence-corrected chi connectivity index (χ0v) is 19.6. The van der Waals surface area contributed by atoms with Crippen LogP contribution in [-0.4, -0.2) is 61.7 Å². The van der Waals surface area contributed by atoms with Gasteiger partial charge in [-0.25, -0.2) is 4.68 Å². The first kappa shape index (κ1) is 23.2. The number of aryl methyl sites for hydroxylation is 1. The van der Waals surface area contributed by atoms with Crippen molar-refractivity contribution in [2.24, 2.45) is 0 Å². The van der Waals surface area contributed by atoms with Crippen LogP contribution < -0.4 is 5.49 Å². The first-order valence-corrected chi connectivity index (χ1v) is 11.1. The Morgan fingerprint density at radius 2 is 1.91 bits per heavy atom. The molecule has 0 aliphatic carbocycles. The Balaban J connectivity index is 0.000000868. The van der Waals surface area contributed by atoms with Crippen molar-refractivity contribution in [3.63, 3.8) is 0 Å². The summed E-state index contributed by atoms with van der Waals surface area (Å²) in [5.41, 5.74) is 4.97. The van der Waals surface area contributed by atoms with E-state index in [1.54, 1.807) is 12.1 Å². The van der Waals surface area contributed by atoms with E-state index in [4.69, 9.17) is 15.6 Å². The molecule has 1 aliphatic heterocycles. The summed E-state index contributed by atoms with van der Waals surface area (Å²) in [5, 5.41) is 26.3.